The molecule has 0 fully saturated rings. The minimum atomic E-state index is -0.392. The number of aromatic nitrogens is 2. The van der Waals surface area contributed by atoms with Gasteiger partial charge in [0.2, 0.25) is 12.7 Å². The van der Waals surface area contributed by atoms with Crippen molar-refractivity contribution in [3.63, 3.8) is 0 Å². The lowest BCUT2D eigenvalue weighted by Crippen LogP contribution is -2.14. The van der Waals surface area contributed by atoms with Crippen molar-refractivity contribution in [1.82, 2.24) is 10.2 Å². The first-order valence-corrected chi connectivity index (χ1v) is 9.42. The average molecular weight is 403 g/mol. The van der Waals surface area contributed by atoms with Gasteiger partial charge in [-0.1, -0.05) is 35.4 Å². The summed E-state index contributed by atoms with van der Waals surface area (Å²) in [4.78, 5) is 13.1. The Balaban J connectivity index is 1.45. The fourth-order valence-corrected chi connectivity index (χ4v) is 3.34. The van der Waals surface area contributed by atoms with Crippen LogP contribution in [0.15, 0.2) is 59.0 Å². The lowest BCUT2D eigenvalue weighted by atomic mass is 10.0. The Morgan fingerprint density at radius 2 is 1.93 bits per heavy atom. The zero-order valence-electron chi connectivity index (χ0n) is 16.0. The molecule has 2 heterocycles. The van der Waals surface area contributed by atoms with Crippen LogP contribution in [-0.4, -0.2) is 29.5 Å². The van der Waals surface area contributed by atoms with Gasteiger partial charge in [-0.2, -0.15) is 0 Å². The molecule has 8 nitrogen and oxygen atoms in total. The second kappa shape index (κ2) is 7.40. The number of ether oxygens (including phenoxy) is 3. The van der Waals surface area contributed by atoms with Crippen LogP contribution in [0.1, 0.15) is 17.3 Å². The van der Waals surface area contributed by atoms with Crippen LogP contribution in [0.4, 0.5) is 6.01 Å². The van der Waals surface area contributed by atoms with Gasteiger partial charge in [0, 0.05) is 5.56 Å². The van der Waals surface area contributed by atoms with E-state index in [1.165, 1.54) is 0 Å². The Morgan fingerprint density at radius 3 is 2.83 bits per heavy atom. The highest BCUT2D eigenvalue weighted by Crippen LogP contribution is 2.36. The van der Waals surface area contributed by atoms with Gasteiger partial charge in [-0.3, -0.25) is 10.1 Å². The van der Waals surface area contributed by atoms with Gasteiger partial charge in [-0.05, 0) is 42.0 Å². The normalized spacial score (nSPS) is 12.2. The summed E-state index contributed by atoms with van der Waals surface area (Å²) < 4.78 is 22.0. The summed E-state index contributed by atoms with van der Waals surface area (Å²) in [5.74, 6) is 1.62. The van der Waals surface area contributed by atoms with E-state index in [0.717, 1.165) is 10.8 Å². The molecule has 8 heteroatoms. The lowest BCUT2D eigenvalue weighted by molar-refractivity contribution is 0.102. The number of carbonyl (C=O) groups is 1. The van der Waals surface area contributed by atoms with Crippen molar-refractivity contribution in [3.8, 4) is 28.7 Å². The Morgan fingerprint density at radius 1 is 1.07 bits per heavy atom. The number of nitrogens with zero attached hydrogens (tertiary/aromatic N) is 2. The van der Waals surface area contributed by atoms with Crippen LogP contribution in [0.25, 0.3) is 22.2 Å². The second-order valence-corrected chi connectivity index (χ2v) is 6.53. The van der Waals surface area contributed by atoms with Crippen LogP contribution >= 0.6 is 0 Å². The summed E-state index contributed by atoms with van der Waals surface area (Å²) in [6, 6.07) is 16.6. The van der Waals surface area contributed by atoms with Crippen molar-refractivity contribution in [2.75, 3.05) is 18.7 Å². The summed E-state index contributed by atoms with van der Waals surface area (Å²) in [5, 5.41) is 12.3. The molecule has 150 valence electrons. The summed E-state index contributed by atoms with van der Waals surface area (Å²) in [6.07, 6.45) is 0. The van der Waals surface area contributed by atoms with E-state index in [4.69, 9.17) is 18.6 Å². The first-order valence-electron chi connectivity index (χ1n) is 9.42. The quantitative estimate of drug-likeness (QED) is 0.532. The third kappa shape index (κ3) is 3.18. The fraction of sp³-hybridized carbons (Fsp3) is 0.136. The predicted molar refractivity (Wildman–Crippen MR) is 109 cm³/mol. The van der Waals surface area contributed by atoms with Gasteiger partial charge in [0.1, 0.15) is 5.75 Å². The number of amides is 1. The van der Waals surface area contributed by atoms with E-state index in [2.05, 4.69) is 15.5 Å². The second-order valence-electron chi connectivity index (χ2n) is 6.53. The van der Waals surface area contributed by atoms with Crippen LogP contribution in [0, 0.1) is 0 Å². The molecule has 1 aliphatic heterocycles. The average Bonchev–Trinajstić information content (AvgIpc) is 3.42. The zero-order valence-corrected chi connectivity index (χ0v) is 16.0. The molecule has 1 aliphatic rings. The summed E-state index contributed by atoms with van der Waals surface area (Å²) in [6.45, 7) is 2.48. The van der Waals surface area contributed by atoms with Gasteiger partial charge in [0.05, 0.1) is 12.2 Å². The number of hydrogen-bond donors (Lipinski definition) is 1. The molecule has 1 N–H and O–H groups in total. The van der Waals surface area contributed by atoms with Crippen LogP contribution in [0.2, 0.25) is 0 Å². The molecule has 3 aromatic carbocycles. The van der Waals surface area contributed by atoms with Crippen LogP contribution in [0.3, 0.4) is 0 Å². The highest BCUT2D eigenvalue weighted by molar-refractivity contribution is 6.14. The van der Waals surface area contributed by atoms with Crippen molar-refractivity contribution < 1.29 is 23.4 Å². The molecule has 1 aromatic heterocycles. The Labute approximate surface area is 171 Å². The predicted octanol–water partition coefficient (Wildman–Crippen LogP) is 4.27. The first kappa shape index (κ1) is 18.0. The molecule has 0 saturated carbocycles. The maximum atomic E-state index is 13.1. The first-order chi connectivity index (χ1) is 14.7. The van der Waals surface area contributed by atoms with E-state index in [1.54, 1.807) is 24.3 Å². The minimum Gasteiger partial charge on any atom is -0.493 e. The number of fused-ring (bicyclic) bond motifs is 2. The highest BCUT2D eigenvalue weighted by Gasteiger charge is 2.20. The molecule has 0 atom stereocenters. The Kier molecular flexibility index (Phi) is 4.44. The monoisotopic (exact) mass is 403 g/mol. The molecular weight excluding hydrogens is 386 g/mol. The van der Waals surface area contributed by atoms with Crippen molar-refractivity contribution >= 4 is 22.7 Å². The molecule has 0 bridgehead atoms. The molecule has 5 rings (SSSR count). The largest absolute Gasteiger partial charge is 0.493 e. The smallest absolute Gasteiger partial charge is 0.322 e. The van der Waals surface area contributed by atoms with Crippen LogP contribution in [0.5, 0.6) is 17.2 Å². The van der Waals surface area contributed by atoms with Crippen molar-refractivity contribution in [3.05, 3.63) is 60.2 Å². The summed E-state index contributed by atoms with van der Waals surface area (Å²) in [5.41, 5.74) is 1.07. The van der Waals surface area contributed by atoms with Gasteiger partial charge in [-0.25, -0.2) is 0 Å². The van der Waals surface area contributed by atoms with Gasteiger partial charge in [-0.15, -0.1) is 5.10 Å². The van der Waals surface area contributed by atoms with E-state index < -0.39 is 5.91 Å². The number of nitrogens with one attached hydrogen (secondary N) is 1. The fourth-order valence-electron chi connectivity index (χ4n) is 3.34. The highest BCUT2D eigenvalue weighted by atomic mass is 16.7. The van der Waals surface area contributed by atoms with Crippen molar-refractivity contribution in [1.29, 1.82) is 0 Å². The topological polar surface area (TPSA) is 95.7 Å². The molecule has 30 heavy (non-hydrogen) atoms. The standard InChI is InChI=1S/C22H17N3O5/c1-2-27-17-10-7-13-5-3-4-6-15(13)19(17)20(26)23-22-25-24-21(30-22)14-8-9-16-18(11-14)29-12-28-16/h3-11H,2,12H2,1H3,(H,23,25,26). The molecule has 0 saturated heterocycles. The molecule has 0 spiro atoms. The van der Waals surface area contributed by atoms with E-state index in [-0.39, 0.29) is 18.7 Å². The van der Waals surface area contributed by atoms with E-state index >= 15 is 0 Å². The summed E-state index contributed by atoms with van der Waals surface area (Å²) >= 11 is 0. The molecule has 4 aromatic rings. The number of rotatable bonds is 5. The number of hydrogen-bond acceptors (Lipinski definition) is 7. The zero-order chi connectivity index (χ0) is 20.5. The molecule has 0 radical (unpaired) electrons. The van der Waals surface area contributed by atoms with Crippen molar-refractivity contribution in [2.45, 2.75) is 6.92 Å². The van der Waals surface area contributed by atoms with Gasteiger partial charge in [0.15, 0.2) is 11.5 Å². The van der Waals surface area contributed by atoms with Gasteiger partial charge < -0.3 is 18.6 Å². The number of carbonyl (C=O) groups excluding carboxylic acids is 1. The van der Waals surface area contributed by atoms with E-state index in [1.807, 2.05) is 37.3 Å². The van der Waals surface area contributed by atoms with Crippen molar-refractivity contribution in [2.24, 2.45) is 0 Å². The van der Waals surface area contributed by atoms with Crippen LogP contribution in [-0.2, 0) is 0 Å². The van der Waals surface area contributed by atoms with Crippen LogP contribution < -0.4 is 19.5 Å². The maximum absolute atomic E-state index is 13.1. The number of anilines is 1. The molecule has 0 unspecified atom stereocenters. The van der Waals surface area contributed by atoms with E-state index in [9.17, 15) is 4.79 Å². The Bertz CT molecular complexity index is 1250. The SMILES string of the molecule is CCOc1ccc2ccccc2c1C(=O)Nc1nnc(-c2ccc3c(c2)OCO3)o1. The van der Waals surface area contributed by atoms with Gasteiger partial charge >= 0.3 is 6.01 Å². The molecule has 1 amide bonds. The Hall–Kier alpha value is -4.07. The maximum Gasteiger partial charge on any atom is 0.322 e. The number of benzene rings is 3. The van der Waals surface area contributed by atoms with Gasteiger partial charge in [0.25, 0.3) is 5.91 Å². The third-order valence-electron chi connectivity index (χ3n) is 4.68. The minimum absolute atomic E-state index is 0.0111. The lowest BCUT2D eigenvalue weighted by Gasteiger charge is -2.12. The summed E-state index contributed by atoms with van der Waals surface area (Å²) in [7, 11) is 0. The third-order valence-corrected chi connectivity index (χ3v) is 4.68. The molecule has 0 aliphatic carbocycles. The molecular formula is C22H17N3O5. The van der Waals surface area contributed by atoms with E-state index in [0.29, 0.717) is 35.0 Å².